The van der Waals surface area contributed by atoms with Gasteiger partial charge in [-0.05, 0) is 25.8 Å². The van der Waals surface area contributed by atoms with E-state index in [-0.39, 0.29) is 30.0 Å². The number of ether oxygens (including phenoxy) is 2. The summed E-state index contributed by atoms with van der Waals surface area (Å²) in [4.78, 5) is 20.7. The summed E-state index contributed by atoms with van der Waals surface area (Å²) in [7, 11) is 5.33. The first-order valence-corrected chi connectivity index (χ1v) is 11.5. The summed E-state index contributed by atoms with van der Waals surface area (Å²) in [6, 6.07) is 0.275. The number of rotatable bonds is 10. The van der Waals surface area contributed by atoms with Crippen molar-refractivity contribution in [3.05, 3.63) is 0 Å². The highest BCUT2D eigenvalue weighted by Crippen LogP contribution is 2.52. The maximum atomic E-state index is 12.1. The predicted molar refractivity (Wildman–Crippen MR) is 121 cm³/mol. The van der Waals surface area contributed by atoms with Crippen molar-refractivity contribution >= 4 is 11.9 Å². The lowest BCUT2D eigenvalue weighted by Crippen LogP contribution is -2.71. The van der Waals surface area contributed by atoms with Crippen LogP contribution < -0.4 is 10.6 Å². The largest absolute Gasteiger partial charge is 0.380 e. The van der Waals surface area contributed by atoms with Gasteiger partial charge in [0, 0.05) is 58.2 Å². The minimum atomic E-state index is -0.00177. The lowest BCUT2D eigenvalue weighted by atomic mass is 9.53. The van der Waals surface area contributed by atoms with E-state index >= 15 is 0 Å². The summed E-state index contributed by atoms with van der Waals surface area (Å²) in [5.41, 5.74) is 0.0932. The monoisotopic (exact) mass is 425 g/mol. The zero-order valence-corrected chi connectivity index (χ0v) is 19.9. The maximum Gasteiger partial charge on any atom is 0.243 e. The third-order valence-electron chi connectivity index (χ3n) is 6.97. The first-order valence-electron chi connectivity index (χ1n) is 11.5. The van der Waals surface area contributed by atoms with Crippen molar-refractivity contribution in [2.24, 2.45) is 16.3 Å². The molecule has 0 aromatic rings. The Balaban J connectivity index is 1.98. The molecule has 0 aromatic heterocycles. The molecule has 0 aromatic carbocycles. The van der Waals surface area contributed by atoms with E-state index in [4.69, 9.17) is 9.47 Å². The van der Waals surface area contributed by atoms with Crippen LogP contribution in [0.3, 0.4) is 0 Å². The number of methoxy groups -OCH3 is 1. The highest BCUT2D eigenvalue weighted by molar-refractivity contribution is 5.85. The summed E-state index contributed by atoms with van der Waals surface area (Å²) in [5.74, 6) is 1.11. The van der Waals surface area contributed by atoms with Gasteiger partial charge < -0.3 is 25.0 Å². The van der Waals surface area contributed by atoms with Crippen molar-refractivity contribution in [2.75, 3.05) is 67.1 Å². The number of morpholine rings is 1. The molecule has 1 heterocycles. The lowest BCUT2D eigenvalue weighted by molar-refractivity contribution is -0.163. The molecule has 2 fully saturated rings. The van der Waals surface area contributed by atoms with Crippen LogP contribution in [-0.2, 0) is 14.3 Å². The minimum absolute atomic E-state index is 0.00177. The predicted octanol–water partition coefficient (Wildman–Crippen LogP) is 1.17. The Bertz CT molecular complexity index is 559. The first kappa shape index (κ1) is 24.9. The van der Waals surface area contributed by atoms with Crippen LogP contribution in [0.2, 0.25) is 0 Å². The van der Waals surface area contributed by atoms with Crippen LogP contribution in [-0.4, -0.2) is 101 Å². The standard InChI is InChI=1S/C22H43N5O3/c1-7-22(8-2)19(17(3)20(22)29-6)25-21(24-16-18(28)26(4)5)23-10-9-11-27-12-14-30-15-13-27/h17,19-20H,7-16H2,1-6H3,(H2,23,24,25). The number of carbonyl (C=O) groups excluding carboxylic acids is 1. The van der Waals surface area contributed by atoms with Gasteiger partial charge in [-0.15, -0.1) is 0 Å². The SMILES string of the molecule is CCC1(CC)C(NC(=NCC(=O)N(C)C)NCCCN2CCOCC2)C(C)C1OC. The lowest BCUT2D eigenvalue weighted by Gasteiger charge is -2.60. The molecule has 2 rings (SSSR count). The van der Waals surface area contributed by atoms with Crippen LogP contribution in [0.15, 0.2) is 4.99 Å². The topological polar surface area (TPSA) is 78.4 Å². The number of nitrogens with one attached hydrogen (secondary N) is 2. The van der Waals surface area contributed by atoms with E-state index in [1.165, 1.54) is 0 Å². The van der Waals surface area contributed by atoms with Crippen molar-refractivity contribution in [3.8, 4) is 0 Å². The number of carbonyl (C=O) groups is 1. The smallest absolute Gasteiger partial charge is 0.243 e. The van der Waals surface area contributed by atoms with E-state index in [0.717, 1.165) is 64.6 Å². The molecular weight excluding hydrogens is 382 g/mol. The molecule has 3 unspecified atom stereocenters. The van der Waals surface area contributed by atoms with E-state index in [2.05, 4.69) is 41.3 Å². The van der Waals surface area contributed by atoms with E-state index in [9.17, 15) is 4.79 Å². The second kappa shape index (κ2) is 11.9. The number of amides is 1. The quantitative estimate of drug-likeness (QED) is 0.311. The van der Waals surface area contributed by atoms with Gasteiger partial charge in [-0.2, -0.15) is 0 Å². The van der Waals surface area contributed by atoms with Gasteiger partial charge in [-0.3, -0.25) is 9.69 Å². The Labute approximate surface area is 182 Å². The van der Waals surface area contributed by atoms with Gasteiger partial charge in [0.2, 0.25) is 5.91 Å². The minimum Gasteiger partial charge on any atom is -0.380 e. The van der Waals surface area contributed by atoms with E-state index in [1.54, 1.807) is 19.0 Å². The van der Waals surface area contributed by atoms with Crippen molar-refractivity contribution in [2.45, 2.75) is 52.2 Å². The molecule has 3 atom stereocenters. The molecule has 0 bridgehead atoms. The third kappa shape index (κ3) is 5.86. The van der Waals surface area contributed by atoms with Crippen LogP contribution in [0.4, 0.5) is 0 Å². The molecule has 1 aliphatic carbocycles. The number of likely N-dealkylation sites (N-methyl/N-ethyl adjacent to an activating group) is 1. The number of hydrogen-bond donors (Lipinski definition) is 2. The van der Waals surface area contributed by atoms with Crippen molar-refractivity contribution in [1.29, 1.82) is 0 Å². The van der Waals surface area contributed by atoms with E-state index in [1.807, 2.05) is 7.11 Å². The van der Waals surface area contributed by atoms with Crippen molar-refractivity contribution < 1.29 is 14.3 Å². The van der Waals surface area contributed by atoms with E-state index in [0.29, 0.717) is 5.92 Å². The molecule has 8 nitrogen and oxygen atoms in total. The Morgan fingerprint density at radius 2 is 1.93 bits per heavy atom. The summed E-state index contributed by atoms with van der Waals surface area (Å²) in [6.07, 6.45) is 3.36. The third-order valence-corrected chi connectivity index (χ3v) is 6.97. The zero-order chi connectivity index (χ0) is 22.1. The summed E-state index contributed by atoms with van der Waals surface area (Å²) in [6.45, 7) is 12.4. The number of hydrogen-bond acceptors (Lipinski definition) is 5. The molecule has 2 N–H and O–H groups in total. The molecule has 1 saturated carbocycles. The second-order valence-electron chi connectivity index (χ2n) is 8.77. The Morgan fingerprint density at radius 3 is 2.50 bits per heavy atom. The molecule has 2 aliphatic rings. The van der Waals surface area contributed by atoms with Crippen LogP contribution in [0.25, 0.3) is 0 Å². The molecule has 1 saturated heterocycles. The van der Waals surface area contributed by atoms with Crippen LogP contribution in [0, 0.1) is 11.3 Å². The van der Waals surface area contributed by atoms with Gasteiger partial charge in [0.15, 0.2) is 5.96 Å². The number of nitrogens with zero attached hydrogens (tertiary/aromatic N) is 3. The molecule has 1 aliphatic heterocycles. The molecule has 30 heavy (non-hydrogen) atoms. The zero-order valence-electron chi connectivity index (χ0n) is 19.9. The van der Waals surface area contributed by atoms with Gasteiger partial charge in [-0.1, -0.05) is 20.8 Å². The van der Waals surface area contributed by atoms with Crippen molar-refractivity contribution in [3.63, 3.8) is 0 Å². The second-order valence-corrected chi connectivity index (χ2v) is 8.77. The fourth-order valence-corrected chi connectivity index (χ4v) is 5.02. The molecule has 8 heteroatoms. The Kier molecular flexibility index (Phi) is 9.84. The molecule has 0 spiro atoms. The number of aliphatic imine (C=N–C) groups is 1. The average molecular weight is 426 g/mol. The van der Waals surface area contributed by atoms with Gasteiger partial charge >= 0.3 is 0 Å². The van der Waals surface area contributed by atoms with E-state index < -0.39 is 0 Å². The highest BCUT2D eigenvalue weighted by Gasteiger charge is 2.58. The van der Waals surface area contributed by atoms with Crippen LogP contribution in [0.1, 0.15) is 40.0 Å². The van der Waals surface area contributed by atoms with Gasteiger partial charge in [0.05, 0.1) is 19.3 Å². The number of guanidine groups is 1. The van der Waals surface area contributed by atoms with Crippen LogP contribution in [0.5, 0.6) is 0 Å². The Morgan fingerprint density at radius 1 is 1.27 bits per heavy atom. The summed E-state index contributed by atoms with van der Waals surface area (Å²) in [5, 5.41) is 7.11. The normalized spacial score (nSPS) is 26.7. The molecule has 0 radical (unpaired) electrons. The molecule has 174 valence electrons. The fraction of sp³-hybridized carbons (Fsp3) is 0.909. The summed E-state index contributed by atoms with van der Waals surface area (Å²) >= 11 is 0. The van der Waals surface area contributed by atoms with Crippen LogP contribution >= 0.6 is 0 Å². The van der Waals surface area contributed by atoms with Gasteiger partial charge in [-0.25, -0.2) is 4.99 Å². The van der Waals surface area contributed by atoms with Crippen molar-refractivity contribution in [1.82, 2.24) is 20.4 Å². The summed E-state index contributed by atoms with van der Waals surface area (Å²) < 4.78 is 11.2. The molecule has 1 amide bonds. The van der Waals surface area contributed by atoms with Gasteiger partial charge in [0.1, 0.15) is 6.54 Å². The fourth-order valence-electron chi connectivity index (χ4n) is 5.02. The first-order chi connectivity index (χ1) is 14.4. The highest BCUT2D eigenvalue weighted by atomic mass is 16.5. The van der Waals surface area contributed by atoms with Gasteiger partial charge in [0.25, 0.3) is 0 Å². The Hall–Kier alpha value is -1.38. The average Bonchev–Trinajstić information content (AvgIpc) is 2.76. The maximum absolute atomic E-state index is 12.1. The molecular formula is C22H43N5O3.